The molecular formula is C12H16IN3O2. The van der Waals surface area contributed by atoms with Crippen LogP contribution in [0.4, 0.5) is 11.4 Å². The topological polar surface area (TPSA) is 81.2 Å². The number of nitro benzene ring substituents is 1. The zero-order chi connectivity index (χ0) is 13.1. The van der Waals surface area contributed by atoms with Crippen LogP contribution in [0.5, 0.6) is 0 Å². The van der Waals surface area contributed by atoms with Gasteiger partial charge in [-0.25, -0.2) is 0 Å². The van der Waals surface area contributed by atoms with Gasteiger partial charge in [0.05, 0.1) is 4.92 Å². The summed E-state index contributed by atoms with van der Waals surface area (Å²) in [4.78, 5) is 10.7. The molecule has 0 aliphatic heterocycles. The van der Waals surface area contributed by atoms with Crippen LogP contribution in [0.3, 0.4) is 0 Å². The normalized spacial score (nSPS) is 23.0. The van der Waals surface area contributed by atoms with Gasteiger partial charge in [0.1, 0.15) is 5.69 Å². The fraction of sp³-hybridized carbons (Fsp3) is 0.500. The van der Waals surface area contributed by atoms with Gasteiger partial charge in [0, 0.05) is 15.7 Å². The van der Waals surface area contributed by atoms with Crippen molar-refractivity contribution >= 4 is 34.0 Å². The summed E-state index contributed by atoms with van der Waals surface area (Å²) in [6, 6.07) is 5.51. The Morgan fingerprint density at radius 3 is 2.94 bits per heavy atom. The van der Waals surface area contributed by atoms with Crippen molar-refractivity contribution < 1.29 is 4.92 Å². The zero-order valence-corrected chi connectivity index (χ0v) is 12.1. The maximum absolute atomic E-state index is 11.0. The molecule has 1 aliphatic rings. The SMILES string of the molecule is NCC1CCCC1Nc1ccc(I)cc1[N+](=O)[O-]. The van der Waals surface area contributed by atoms with Gasteiger partial charge >= 0.3 is 0 Å². The molecular weight excluding hydrogens is 345 g/mol. The molecule has 6 heteroatoms. The molecule has 0 radical (unpaired) electrons. The molecule has 0 aromatic heterocycles. The van der Waals surface area contributed by atoms with Crippen molar-refractivity contribution in [3.05, 3.63) is 31.9 Å². The molecule has 18 heavy (non-hydrogen) atoms. The van der Waals surface area contributed by atoms with Crippen LogP contribution >= 0.6 is 22.6 Å². The van der Waals surface area contributed by atoms with Gasteiger partial charge in [0.25, 0.3) is 5.69 Å². The predicted molar refractivity (Wildman–Crippen MR) is 79.6 cm³/mol. The highest BCUT2D eigenvalue weighted by atomic mass is 127. The second kappa shape index (κ2) is 5.83. The van der Waals surface area contributed by atoms with Crippen molar-refractivity contribution in [1.82, 2.24) is 0 Å². The molecule has 3 N–H and O–H groups in total. The van der Waals surface area contributed by atoms with Gasteiger partial charge < -0.3 is 11.1 Å². The third-order valence-corrected chi connectivity index (χ3v) is 4.13. The molecule has 0 bridgehead atoms. The number of nitro groups is 1. The minimum atomic E-state index is -0.336. The quantitative estimate of drug-likeness (QED) is 0.491. The summed E-state index contributed by atoms with van der Waals surface area (Å²) in [5.74, 6) is 0.420. The van der Waals surface area contributed by atoms with Crippen LogP contribution in [0, 0.1) is 19.6 Å². The minimum absolute atomic E-state index is 0.143. The Bertz CT molecular complexity index is 453. The van der Waals surface area contributed by atoms with E-state index in [1.807, 2.05) is 6.07 Å². The molecule has 2 atom stereocenters. The standard InChI is InChI=1S/C12H16IN3O2/c13-9-4-5-11(12(6-9)16(17)18)15-10-3-1-2-8(10)7-14/h4-6,8,10,15H,1-3,7,14H2. The van der Waals surface area contributed by atoms with E-state index in [1.54, 1.807) is 12.1 Å². The average Bonchev–Trinajstić information content (AvgIpc) is 2.78. The van der Waals surface area contributed by atoms with E-state index < -0.39 is 0 Å². The van der Waals surface area contributed by atoms with E-state index in [2.05, 4.69) is 27.9 Å². The van der Waals surface area contributed by atoms with E-state index in [0.717, 1.165) is 22.8 Å². The van der Waals surface area contributed by atoms with Crippen LogP contribution in [0.2, 0.25) is 0 Å². The van der Waals surface area contributed by atoms with Gasteiger partial charge in [-0.3, -0.25) is 10.1 Å². The Morgan fingerprint density at radius 2 is 2.28 bits per heavy atom. The Balaban J connectivity index is 2.20. The number of anilines is 1. The Labute approximate surface area is 119 Å². The number of nitrogens with one attached hydrogen (secondary N) is 1. The molecule has 1 aromatic carbocycles. The molecule has 0 spiro atoms. The van der Waals surface area contributed by atoms with Gasteiger partial charge in [-0.15, -0.1) is 0 Å². The molecule has 0 heterocycles. The van der Waals surface area contributed by atoms with E-state index in [-0.39, 0.29) is 16.7 Å². The van der Waals surface area contributed by atoms with Gasteiger partial charge in [-0.1, -0.05) is 6.42 Å². The van der Waals surface area contributed by atoms with Crippen LogP contribution < -0.4 is 11.1 Å². The van der Waals surface area contributed by atoms with E-state index in [9.17, 15) is 10.1 Å². The second-order valence-electron chi connectivity index (χ2n) is 4.60. The van der Waals surface area contributed by atoms with Crippen molar-refractivity contribution in [2.75, 3.05) is 11.9 Å². The Hall–Kier alpha value is -0.890. The van der Waals surface area contributed by atoms with E-state index in [0.29, 0.717) is 18.2 Å². The smallest absolute Gasteiger partial charge is 0.293 e. The molecule has 2 unspecified atom stereocenters. The number of halogens is 1. The van der Waals surface area contributed by atoms with E-state index >= 15 is 0 Å². The minimum Gasteiger partial charge on any atom is -0.376 e. The largest absolute Gasteiger partial charge is 0.376 e. The van der Waals surface area contributed by atoms with Crippen LogP contribution in [0.25, 0.3) is 0 Å². The number of rotatable bonds is 4. The Morgan fingerprint density at radius 1 is 1.50 bits per heavy atom. The highest BCUT2D eigenvalue weighted by Crippen LogP contribution is 2.32. The summed E-state index contributed by atoms with van der Waals surface area (Å²) in [6.45, 7) is 0.635. The van der Waals surface area contributed by atoms with Gasteiger partial charge in [0.2, 0.25) is 0 Å². The van der Waals surface area contributed by atoms with E-state index in [1.165, 1.54) is 0 Å². The third kappa shape index (κ3) is 2.92. The lowest BCUT2D eigenvalue weighted by molar-refractivity contribution is -0.384. The van der Waals surface area contributed by atoms with Crippen molar-refractivity contribution in [3.8, 4) is 0 Å². The second-order valence-corrected chi connectivity index (χ2v) is 5.84. The fourth-order valence-electron chi connectivity index (χ4n) is 2.49. The lowest BCUT2D eigenvalue weighted by Gasteiger charge is -2.20. The van der Waals surface area contributed by atoms with Crippen molar-refractivity contribution in [1.29, 1.82) is 0 Å². The number of nitrogens with zero attached hydrogens (tertiary/aromatic N) is 1. The molecule has 0 saturated heterocycles. The molecule has 98 valence electrons. The summed E-state index contributed by atoms with van der Waals surface area (Å²) in [7, 11) is 0. The van der Waals surface area contributed by atoms with Crippen LogP contribution in [0.15, 0.2) is 18.2 Å². The summed E-state index contributed by atoms with van der Waals surface area (Å²) in [5.41, 5.74) is 6.47. The maximum Gasteiger partial charge on any atom is 0.293 e. The molecule has 0 amide bonds. The lowest BCUT2D eigenvalue weighted by Crippen LogP contribution is -2.29. The molecule has 1 aromatic rings. The lowest BCUT2D eigenvalue weighted by atomic mass is 10.0. The molecule has 1 fully saturated rings. The maximum atomic E-state index is 11.0. The molecule has 1 saturated carbocycles. The van der Waals surface area contributed by atoms with Crippen molar-refractivity contribution in [3.63, 3.8) is 0 Å². The third-order valence-electron chi connectivity index (χ3n) is 3.46. The Kier molecular flexibility index (Phi) is 4.39. The van der Waals surface area contributed by atoms with Gasteiger partial charge in [-0.05, 0) is 60.0 Å². The summed E-state index contributed by atoms with van der Waals surface area (Å²) < 4.78 is 0.867. The highest BCUT2D eigenvalue weighted by Gasteiger charge is 2.27. The molecule has 1 aliphatic carbocycles. The first-order valence-corrected chi connectivity index (χ1v) is 7.10. The van der Waals surface area contributed by atoms with Gasteiger partial charge in [0.15, 0.2) is 0 Å². The van der Waals surface area contributed by atoms with Crippen LogP contribution in [-0.2, 0) is 0 Å². The number of hydrogen-bond donors (Lipinski definition) is 2. The molecule has 5 nitrogen and oxygen atoms in total. The first-order chi connectivity index (χ1) is 8.61. The average molecular weight is 361 g/mol. The number of hydrogen-bond acceptors (Lipinski definition) is 4. The highest BCUT2D eigenvalue weighted by molar-refractivity contribution is 14.1. The van der Waals surface area contributed by atoms with Crippen LogP contribution in [-0.4, -0.2) is 17.5 Å². The van der Waals surface area contributed by atoms with Crippen molar-refractivity contribution in [2.24, 2.45) is 11.7 Å². The number of nitrogens with two attached hydrogens (primary N) is 1. The monoisotopic (exact) mass is 361 g/mol. The molecule has 2 rings (SSSR count). The summed E-state index contributed by atoms with van der Waals surface area (Å²) in [6.07, 6.45) is 3.27. The first kappa shape index (κ1) is 13.5. The first-order valence-electron chi connectivity index (χ1n) is 6.02. The zero-order valence-electron chi connectivity index (χ0n) is 9.93. The summed E-state index contributed by atoms with van der Waals surface area (Å²) in [5, 5.41) is 14.3. The van der Waals surface area contributed by atoms with Gasteiger partial charge in [-0.2, -0.15) is 0 Å². The van der Waals surface area contributed by atoms with Crippen molar-refractivity contribution in [2.45, 2.75) is 25.3 Å². The van der Waals surface area contributed by atoms with Crippen LogP contribution in [0.1, 0.15) is 19.3 Å². The predicted octanol–water partition coefficient (Wildman–Crippen LogP) is 2.74. The fourth-order valence-corrected chi connectivity index (χ4v) is 2.96. The number of benzene rings is 1. The summed E-state index contributed by atoms with van der Waals surface area (Å²) >= 11 is 2.08. The van der Waals surface area contributed by atoms with E-state index in [4.69, 9.17) is 5.73 Å².